The van der Waals surface area contributed by atoms with Gasteiger partial charge in [0.15, 0.2) is 9.84 Å². The first kappa shape index (κ1) is 16.2. The molecule has 2 aliphatic rings. The van der Waals surface area contributed by atoms with Crippen LogP contribution in [0.4, 0.5) is 0 Å². The molecule has 0 saturated carbocycles. The molecule has 0 radical (unpaired) electrons. The number of sulfone groups is 1. The van der Waals surface area contributed by atoms with Crippen molar-refractivity contribution in [1.82, 2.24) is 10.6 Å². The van der Waals surface area contributed by atoms with Gasteiger partial charge >= 0.3 is 5.97 Å². The van der Waals surface area contributed by atoms with Gasteiger partial charge in [-0.3, -0.25) is 9.59 Å². The predicted molar refractivity (Wildman–Crippen MR) is 73.6 cm³/mol. The topological polar surface area (TPSA) is 122 Å². The number of carbonyl (C=O) groups excluding carboxylic acids is 1. The zero-order chi connectivity index (χ0) is 15.7. The second-order valence-electron chi connectivity index (χ2n) is 5.83. The highest BCUT2D eigenvalue weighted by molar-refractivity contribution is 7.91. The quantitative estimate of drug-likeness (QED) is 0.568. The number of amides is 1. The van der Waals surface area contributed by atoms with E-state index in [1.54, 1.807) is 0 Å². The van der Waals surface area contributed by atoms with E-state index in [1.165, 1.54) is 6.92 Å². The molecule has 0 aromatic rings. The zero-order valence-electron chi connectivity index (χ0n) is 11.8. The summed E-state index contributed by atoms with van der Waals surface area (Å²) in [6, 6.07) is -1.04. The van der Waals surface area contributed by atoms with E-state index in [-0.39, 0.29) is 37.0 Å². The Balaban J connectivity index is 1.91. The molecule has 3 unspecified atom stereocenters. The first-order valence-electron chi connectivity index (χ1n) is 6.77. The second-order valence-corrected chi connectivity index (χ2v) is 8.06. The van der Waals surface area contributed by atoms with Gasteiger partial charge in [-0.2, -0.15) is 0 Å². The standard InChI is InChI=1S/C12H20N2O6S/c1-12(11(16)17)7-20-5-9(12)14-10(15)4-8-6-21(18,19)3-2-13-8/h8-9,13H,2-7H2,1H3,(H,14,15)(H,16,17). The van der Waals surface area contributed by atoms with Crippen molar-refractivity contribution in [3.63, 3.8) is 0 Å². The van der Waals surface area contributed by atoms with E-state index in [0.29, 0.717) is 6.54 Å². The monoisotopic (exact) mass is 320 g/mol. The molecule has 2 rings (SSSR count). The van der Waals surface area contributed by atoms with Gasteiger partial charge in [0, 0.05) is 19.0 Å². The van der Waals surface area contributed by atoms with Crippen molar-refractivity contribution < 1.29 is 27.9 Å². The lowest BCUT2D eigenvalue weighted by Gasteiger charge is -2.27. The number of carbonyl (C=O) groups is 2. The van der Waals surface area contributed by atoms with Crippen LogP contribution < -0.4 is 10.6 Å². The lowest BCUT2D eigenvalue weighted by molar-refractivity contribution is -0.149. The summed E-state index contributed by atoms with van der Waals surface area (Å²) in [4.78, 5) is 23.3. The minimum absolute atomic E-state index is 0.00539. The fourth-order valence-corrected chi connectivity index (χ4v) is 4.00. The SMILES string of the molecule is CC1(C(=O)O)COCC1NC(=O)CC1CS(=O)(=O)CCN1. The molecule has 2 saturated heterocycles. The van der Waals surface area contributed by atoms with Crippen LogP contribution in [0.25, 0.3) is 0 Å². The molecule has 0 bridgehead atoms. The molecule has 2 fully saturated rings. The Morgan fingerprint density at radius 2 is 2.19 bits per heavy atom. The molecule has 8 nitrogen and oxygen atoms in total. The van der Waals surface area contributed by atoms with Crippen LogP contribution in [0, 0.1) is 5.41 Å². The highest BCUT2D eigenvalue weighted by Gasteiger charge is 2.47. The number of hydrogen-bond acceptors (Lipinski definition) is 6. The average molecular weight is 320 g/mol. The smallest absolute Gasteiger partial charge is 0.313 e. The third kappa shape index (κ3) is 3.72. The molecule has 3 atom stereocenters. The van der Waals surface area contributed by atoms with Gasteiger partial charge in [0.05, 0.1) is 30.8 Å². The molecular formula is C12H20N2O6S. The predicted octanol–water partition coefficient (Wildman–Crippen LogP) is -1.63. The number of aliphatic carboxylic acids is 1. The zero-order valence-corrected chi connectivity index (χ0v) is 12.6. The van der Waals surface area contributed by atoms with Crippen LogP contribution in [0.2, 0.25) is 0 Å². The van der Waals surface area contributed by atoms with Gasteiger partial charge in [-0.25, -0.2) is 8.42 Å². The van der Waals surface area contributed by atoms with Crippen LogP contribution in [0.1, 0.15) is 13.3 Å². The van der Waals surface area contributed by atoms with Gasteiger partial charge in [0.25, 0.3) is 0 Å². The van der Waals surface area contributed by atoms with Crippen LogP contribution in [0.15, 0.2) is 0 Å². The number of rotatable bonds is 4. The Morgan fingerprint density at radius 3 is 2.81 bits per heavy atom. The van der Waals surface area contributed by atoms with E-state index in [4.69, 9.17) is 4.74 Å². The number of hydrogen-bond donors (Lipinski definition) is 3. The molecule has 0 aromatic carbocycles. The Bertz CT molecular complexity index is 534. The first-order chi connectivity index (χ1) is 9.73. The van der Waals surface area contributed by atoms with E-state index in [9.17, 15) is 23.1 Å². The lowest BCUT2D eigenvalue weighted by atomic mass is 9.85. The minimum atomic E-state index is -3.10. The van der Waals surface area contributed by atoms with Gasteiger partial charge in [-0.1, -0.05) is 0 Å². The Morgan fingerprint density at radius 1 is 1.48 bits per heavy atom. The maximum Gasteiger partial charge on any atom is 0.313 e. The van der Waals surface area contributed by atoms with Crippen molar-refractivity contribution in [1.29, 1.82) is 0 Å². The van der Waals surface area contributed by atoms with Crippen LogP contribution in [-0.2, 0) is 24.2 Å². The normalized spacial score (nSPS) is 35.3. The summed E-state index contributed by atoms with van der Waals surface area (Å²) >= 11 is 0. The Hall–Kier alpha value is -1.19. The second kappa shape index (κ2) is 5.90. The average Bonchev–Trinajstić information content (AvgIpc) is 2.70. The van der Waals surface area contributed by atoms with Crippen LogP contribution in [-0.4, -0.2) is 68.7 Å². The molecule has 3 N–H and O–H groups in total. The molecular weight excluding hydrogens is 300 g/mol. The lowest BCUT2D eigenvalue weighted by Crippen LogP contribution is -2.52. The summed E-state index contributed by atoms with van der Waals surface area (Å²) in [5, 5.41) is 14.9. The number of carboxylic acid groups (broad SMARTS) is 1. The molecule has 0 spiro atoms. The van der Waals surface area contributed by atoms with Crippen molar-refractivity contribution in [2.75, 3.05) is 31.3 Å². The molecule has 2 aliphatic heterocycles. The van der Waals surface area contributed by atoms with Crippen LogP contribution in [0.5, 0.6) is 0 Å². The fraction of sp³-hybridized carbons (Fsp3) is 0.833. The number of ether oxygens (including phenoxy) is 1. The number of nitrogens with one attached hydrogen (secondary N) is 2. The maximum atomic E-state index is 12.0. The minimum Gasteiger partial charge on any atom is -0.481 e. The van der Waals surface area contributed by atoms with Gasteiger partial charge in [0.2, 0.25) is 5.91 Å². The highest BCUT2D eigenvalue weighted by Crippen LogP contribution is 2.28. The van der Waals surface area contributed by atoms with Crippen LogP contribution in [0.3, 0.4) is 0 Å². The summed E-state index contributed by atoms with van der Waals surface area (Å²) in [6.45, 7) is 2.05. The van der Waals surface area contributed by atoms with Gasteiger partial charge in [-0.05, 0) is 6.92 Å². The Labute approximate surface area is 123 Å². The van der Waals surface area contributed by atoms with Crippen molar-refractivity contribution in [3.8, 4) is 0 Å². The summed E-state index contributed by atoms with van der Waals surface area (Å²) < 4.78 is 28.2. The molecule has 1 amide bonds. The first-order valence-corrected chi connectivity index (χ1v) is 8.59. The highest BCUT2D eigenvalue weighted by atomic mass is 32.2. The van der Waals surface area contributed by atoms with Gasteiger partial charge < -0.3 is 20.5 Å². The summed E-state index contributed by atoms with van der Waals surface area (Å²) in [6.07, 6.45) is 0.00539. The summed E-state index contributed by atoms with van der Waals surface area (Å²) in [5.74, 6) is -1.38. The van der Waals surface area contributed by atoms with Crippen LogP contribution >= 0.6 is 0 Å². The summed E-state index contributed by atoms with van der Waals surface area (Å²) in [7, 11) is -3.10. The van der Waals surface area contributed by atoms with Gasteiger partial charge in [-0.15, -0.1) is 0 Å². The largest absolute Gasteiger partial charge is 0.481 e. The van der Waals surface area contributed by atoms with E-state index in [1.807, 2.05) is 0 Å². The van der Waals surface area contributed by atoms with Crippen molar-refractivity contribution in [2.45, 2.75) is 25.4 Å². The van der Waals surface area contributed by atoms with E-state index in [0.717, 1.165) is 0 Å². The van der Waals surface area contributed by atoms with Gasteiger partial charge in [0.1, 0.15) is 5.41 Å². The van der Waals surface area contributed by atoms with Crippen molar-refractivity contribution >= 4 is 21.7 Å². The molecule has 21 heavy (non-hydrogen) atoms. The fourth-order valence-electron chi connectivity index (χ4n) is 2.56. The van der Waals surface area contributed by atoms with Crippen molar-refractivity contribution in [2.24, 2.45) is 5.41 Å². The molecule has 2 heterocycles. The molecule has 120 valence electrons. The third-order valence-electron chi connectivity index (χ3n) is 4.01. The molecule has 9 heteroatoms. The van der Waals surface area contributed by atoms with E-state index in [2.05, 4.69) is 10.6 Å². The van der Waals surface area contributed by atoms with Crippen molar-refractivity contribution in [3.05, 3.63) is 0 Å². The summed E-state index contributed by atoms with van der Waals surface area (Å²) in [5.41, 5.74) is -1.15. The molecule has 0 aromatic heterocycles. The number of carboxylic acids is 1. The maximum absolute atomic E-state index is 12.0. The van der Waals surface area contributed by atoms with E-state index < -0.39 is 33.3 Å². The van der Waals surface area contributed by atoms with E-state index >= 15 is 0 Å². The third-order valence-corrected chi connectivity index (χ3v) is 5.75. The Kier molecular flexibility index (Phi) is 4.54. The molecule has 0 aliphatic carbocycles.